The molecule has 0 radical (unpaired) electrons. The Labute approximate surface area is 157 Å². The van der Waals surface area contributed by atoms with Crippen LogP contribution >= 0.6 is 0 Å². The standard InChI is InChI=1S/C18H24N4O5/c19-17(25)20-10-12-6-8-13(9-7-12)16(24)27-11-15(23)22-18(26)21-14-4-2-1-3-5-14/h6-9,14H,1-5,10-11H2,(H3,19,20,25)(H2,21,22,23,26). The monoisotopic (exact) mass is 376 g/mol. The Kier molecular flexibility index (Phi) is 7.60. The number of primary amides is 1. The zero-order valence-corrected chi connectivity index (χ0v) is 15.0. The summed E-state index contributed by atoms with van der Waals surface area (Å²) < 4.78 is 4.90. The lowest BCUT2D eigenvalue weighted by atomic mass is 9.96. The number of nitrogens with two attached hydrogens (primary N) is 1. The third kappa shape index (κ3) is 7.35. The van der Waals surface area contributed by atoms with Crippen LogP contribution < -0.4 is 21.7 Å². The quantitative estimate of drug-likeness (QED) is 0.552. The van der Waals surface area contributed by atoms with Crippen LogP contribution in [0.3, 0.4) is 0 Å². The predicted octanol–water partition coefficient (Wildman–Crippen LogP) is 1.17. The lowest BCUT2D eigenvalue weighted by Gasteiger charge is -2.22. The Morgan fingerprint density at radius 1 is 1.04 bits per heavy atom. The lowest BCUT2D eigenvalue weighted by Crippen LogP contribution is -2.46. The molecule has 9 nitrogen and oxygen atoms in total. The van der Waals surface area contributed by atoms with Gasteiger partial charge in [-0.15, -0.1) is 0 Å². The Hall–Kier alpha value is -3.10. The van der Waals surface area contributed by atoms with Crippen molar-refractivity contribution in [2.45, 2.75) is 44.7 Å². The highest BCUT2D eigenvalue weighted by Gasteiger charge is 2.17. The number of rotatable bonds is 6. The molecule has 1 aliphatic carbocycles. The van der Waals surface area contributed by atoms with Crippen LogP contribution in [-0.2, 0) is 16.1 Å². The Balaban J connectivity index is 1.71. The largest absolute Gasteiger partial charge is 0.452 e. The first-order chi connectivity index (χ1) is 12.9. The van der Waals surface area contributed by atoms with Gasteiger partial charge in [0.05, 0.1) is 5.56 Å². The van der Waals surface area contributed by atoms with E-state index in [9.17, 15) is 19.2 Å². The van der Waals surface area contributed by atoms with E-state index in [4.69, 9.17) is 10.5 Å². The third-order valence-corrected chi connectivity index (χ3v) is 4.18. The fourth-order valence-corrected chi connectivity index (χ4v) is 2.79. The van der Waals surface area contributed by atoms with Crippen LogP contribution in [0.4, 0.5) is 9.59 Å². The normalized spacial score (nSPS) is 14.1. The van der Waals surface area contributed by atoms with Gasteiger partial charge in [0.2, 0.25) is 0 Å². The van der Waals surface area contributed by atoms with Gasteiger partial charge in [-0.3, -0.25) is 10.1 Å². The number of carbonyl (C=O) groups is 4. The SMILES string of the molecule is NC(=O)NCc1ccc(C(=O)OCC(=O)NC(=O)NC2CCCCC2)cc1. The fourth-order valence-electron chi connectivity index (χ4n) is 2.79. The molecule has 1 aliphatic rings. The van der Waals surface area contributed by atoms with Crippen molar-refractivity contribution in [1.82, 2.24) is 16.0 Å². The average Bonchev–Trinajstić information content (AvgIpc) is 2.65. The molecule has 0 aliphatic heterocycles. The minimum Gasteiger partial charge on any atom is -0.452 e. The number of imide groups is 1. The van der Waals surface area contributed by atoms with Gasteiger partial charge in [0.1, 0.15) is 0 Å². The van der Waals surface area contributed by atoms with Crippen LogP contribution in [0, 0.1) is 0 Å². The fraction of sp³-hybridized carbons (Fsp3) is 0.444. The molecule has 27 heavy (non-hydrogen) atoms. The van der Waals surface area contributed by atoms with Gasteiger partial charge >= 0.3 is 18.0 Å². The number of ether oxygens (including phenoxy) is 1. The minimum atomic E-state index is -0.695. The van der Waals surface area contributed by atoms with Crippen LogP contribution in [0.5, 0.6) is 0 Å². The first-order valence-corrected chi connectivity index (χ1v) is 8.84. The van der Waals surface area contributed by atoms with Crippen molar-refractivity contribution in [3.63, 3.8) is 0 Å². The van der Waals surface area contributed by atoms with Crippen LogP contribution in [0.15, 0.2) is 24.3 Å². The predicted molar refractivity (Wildman–Crippen MR) is 96.7 cm³/mol. The van der Waals surface area contributed by atoms with Crippen LogP contribution in [-0.4, -0.2) is 36.6 Å². The maximum absolute atomic E-state index is 11.9. The van der Waals surface area contributed by atoms with Gasteiger partial charge in [0, 0.05) is 12.6 Å². The smallest absolute Gasteiger partial charge is 0.338 e. The summed E-state index contributed by atoms with van der Waals surface area (Å²) in [6.07, 6.45) is 5.10. The van der Waals surface area contributed by atoms with Crippen molar-refractivity contribution in [3.8, 4) is 0 Å². The summed E-state index contributed by atoms with van der Waals surface area (Å²) >= 11 is 0. The number of benzene rings is 1. The molecule has 5 amide bonds. The molecular weight excluding hydrogens is 352 g/mol. The van der Waals surface area contributed by atoms with E-state index in [-0.39, 0.29) is 18.2 Å². The maximum Gasteiger partial charge on any atom is 0.338 e. The average molecular weight is 376 g/mol. The van der Waals surface area contributed by atoms with E-state index in [1.54, 1.807) is 12.1 Å². The molecule has 1 aromatic carbocycles. The highest BCUT2D eigenvalue weighted by molar-refractivity contribution is 5.97. The van der Waals surface area contributed by atoms with Gasteiger partial charge in [-0.2, -0.15) is 0 Å². The summed E-state index contributed by atoms with van der Waals surface area (Å²) in [4.78, 5) is 46.1. The highest BCUT2D eigenvalue weighted by Crippen LogP contribution is 2.17. The zero-order valence-electron chi connectivity index (χ0n) is 15.0. The molecule has 9 heteroatoms. The molecule has 1 aromatic rings. The second kappa shape index (κ2) is 10.1. The summed E-state index contributed by atoms with van der Waals surface area (Å²) in [7, 11) is 0. The summed E-state index contributed by atoms with van der Waals surface area (Å²) in [6, 6.07) is 5.14. The van der Waals surface area contributed by atoms with Crippen LogP contribution in [0.25, 0.3) is 0 Å². The van der Waals surface area contributed by atoms with E-state index in [0.717, 1.165) is 37.7 Å². The number of hydrogen-bond donors (Lipinski definition) is 4. The highest BCUT2D eigenvalue weighted by atomic mass is 16.5. The molecule has 0 saturated heterocycles. The molecule has 0 atom stereocenters. The van der Waals surface area contributed by atoms with E-state index in [1.165, 1.54) is 12.1 Å². The van der Waals surface area contributed by atoms with Crippen molar-refractivity contribution < 1.29 is 23.9 Å². The summed E-state index contributed by atoms with van der Waals surface area (Å²) in [5.41, 5.74) is 5.98. The van der Waals surface area contributed by atoms with Crippen molar-refractivity contribution in [2.24, 2.45) is 5.73 Å². The van der Waals surface area contributed by atoms with E-state index < -0.39 is 30.5 Å². The Morgan fingerprint density at radius 2 is 1.70 bits per heavy atom. The van der Waals surface area contributed by atoms with Crippen molar-refractivity contribution in [3.05, 3.63) is 35.4 Å². The zero-order chi connectivity index (χ0) is 19.6. The van der Waals surface area contributed by atoms with Gasteiger partial charge < -0.3 is 21.1 Å². The van der Waals surface area contributed by atoms with E-state index >= 15 is 0 Å². The third-order valence-electron chi connectivity index (χ3n) is 4.18. The molecule has 2 rings (SSSR count). The van der Waals surface area contributed by atoms with Crippen LogP contribution in [0.2, 0.25) is 0 Å². The molecular formula is C18H24N4O5. The minimum absolute atomic E-state index is 0.0802. The van der Waals surface area contributed by atoms with Gasteiger partial charge in [-0.1, -0.05) is 31.4 Å². The first kappa shape index (κ1) is 20.2. The van der Waals surface area contributed by atoms with Crippen molar-refractivity contribution >= 4 is 23.9 Å². The number of urea groups is 2. The summed E-state index contributed by atoms with van der Waals surface area (Å²) in [5.74, 6) is -1.38. The van der Waals surface area contributed by atoms with Crippen molar-refractivity contribution in [1.29, 1.82) is 0 Å². The number of nitrogens with one attached hydrogen (secondary N) is 3. The summed E-state index contributed by atoms with van der Waals surface area (Å²) in [5, 5.41) is 7.33. The van der Waals surface area contributed by atoms with E-state index in [2.05, 4.69) is 16.0 Å². The molecule has 0 heterocycles. The van der Waals surface area contributed by atoms with Gasteiger partial charge in [0.25, 0.3) is 5.91 Å². The molecule has 5 N–H and O–H groups in total. The molecule has 0 spiro atoms. The maximum atomic E-state index is 11.9. The Bertz CT molecular complexity index is 683. The molecule has 0 unspecified atom stereocenters. The Morgan fingerprint density at radius 3 is 2.33 bits per heavy atom. The van der Waals surface area contributed by atoms with Gasteiger partial charge in [0.15, 0.2) is 6.61 Å². The first-order valence-electron chi connectivity index (χ1n) is 8.84. The number of amides is 5. The molecule has 0 aromatic heterocycles. The molecule has 1 fully saturated rings. The van der Waals surface area contributed by atoms with Gasteiger partial charge in [-0.05, 0) is 30.5 Å². The van der Waals surface area contributed by atoms with E-state index in [0.29, 0.717) is 0 Å². The topological polar surface area (TPSA) is 140 Å². The number of carbonyl (C=O) groups excluding carboxylic acids is 4. The lowest BCUT2D eigenvalue weighted by molar-refractivity contribution is -0.123. The number of hydrogen-bond acceptors (Lipinski definition) is 5. The second-order valence-corrected chi connectivity index (χ2v) is 6.35. The molecule has 1 saturated carbocycles. The summed E-state index contributed by atoms with van der Waals surface area (Å²) in [6.45, 7) is -0.314. The van der Waals surface area contributed by atoms with Gasteiger partial charge in [-0.25, -0.2) is 14.4 Å². The number of esters is 1. The van der Waals surface area contributed by atoms with E-state index in [1.807, 2.05) is 0 Å². The molecule has 146 valence electrons. The van der Waals surface area contributed by atoms with Crippen LogP contribution in [0.1, 0.15) is 48.0 Å². The van der Waals surface area contributed by atoms with Crippen molar-refractivity contribution in [2.75, 3.05) is 6.61 Å². The molecule has 0 bridgehead atoms. The second-order valence-electron chi connectivity index (χ2n) is 6.35.